The van der Waals surface area contributed by atoms with E-state index < -0.39 is 0 Å². The highest BCUT2D eigenvalue weighted by Gasteiger charge is 2.06. The quantitative estimate of drug-likeness (QED) is 0.749. The van der Waals surface area contributed by atoms with Crippen LogP contribution in [0.1, 0.15) is 11.1 Å². The second kappa shape index (κ2) is 5.74. The van der Waals surface area contributed by atoms with E-state index >= 15 is 0 Å². The van der Waals surface area contributed by atoms with E-state index in [1.54, 1.807) is 12.1 Å². The number of aromatic hydroxyl groups is 2. The fourth-order valence-corrected chi connectivity index (χ4v) is 2.12. The summed E-state index contributed by atoms with van der Waals surface area (Å²) in [4.78, 5) is 2.06. The van der Waals surface area contributed by atoms with Crippen molar-refractivity contribution in [1.29, 1.82) is 0 Å². The number of benzene rings is 2. The fourth-order valence-electron chi connectivity index (χ4n) is 2.12. The van der Waals surface area contributed by atoms with E-state index in [0.717, 1.165) is 11.4 Å². The molecule has 3 N–H and O–H groups in total. The number of nitrogens with one attached hydrogen (secondary N) is 1. The first-order valence-corrected chi connectivity index (χ1v) is 6.50. The molecule has 0 radical (unpaired) electrons. The Bertz CT molecular complexity index is 609. The summed E-state index contributed by atoms with van der Waals surface area (Å²) in [6.45, 7) is 2.52. The van der Waals surface area contributed by atoms with Crippen LogP contribution in [0.25, 0.3) is 0 Å². The zero-order valence-corrected chi connectivity index (χ0v) is 12.0. The smallest absolute Gasteiger partial charge is 0.162 e. The van der Waals surface area contributed by atoms with Gasteiger partial charge in [-0.05, 0) is 30.7 Å². The van der Waals surface area contributed by atoms with Crippen molar-refractivity contribution in [2.24, 2.45) is 0 Å². The maximum absolute atomic E-state index is 9.76. The molecule has 0 atom stereocenters. The van der Waals surface area contributed by atoms with Crippen LogP contribution in [-0.4, -0.2) is 24.3 Å². The number of aryl methyl sites for hydroxylation is 1. The first-order chi connectivity index (χ1) is 9.49. The molecule has 2 aromatic carbocycles. The third-order valence-electron chi connectivity index (χ3n) is 3.27. The van der Waals surface area contributed by atoms with E-state index in [-0.39, 0.29) is 11.5 Å². The second-order valence-electron chi connectivity index (χ2n) is 5.03. The van der Waals surface area contributed by atoms with Crippen LogP contribution in [-0.2, 0) is 6.54 Å². The van der Waals surface area contributed by atoms with Gasteiger partial charge in [0.15, 0.2) is 11.5 Å². The lowest BCUT2D eigenvalue weighted by molar-refractivity contribution is 0.400. The molecule has 0 saturated heterocycles. The summed E-state index contributed by atoms with van der Waals surface area (Å²) in [7, 11) is 4.01. The lowest BCUT2D eigenvalue weighted by Gasteiger charge is -2.17. The van der Waals surface area contributed by atoms with Gasteiger partial charge in [-0.2, -0.15) is 0 Å². The number of hydrogen-bond acceptors (Lipinski definition) is 4. The van der Waals surface area contributed by atoms with Crippen LogP contribution >= 0.6 is 0 Å². The molecule has 0 bridgehead atoms. The van der Waals surface area contributed by atoms with Crippen molar-refractivity contribution >= 4 is 11.4 Å². The number of rotatable bonds is 4. The highest BCUT2D eigenvalue weighted by atomic mass is 16.3. The van der Waals surface area contributed by atoms with Gasteiger partial charge < -0.3 is 20.4 Å². The van der Waals surface area contributed by atoms with Crippen LogP contribution < -0.4 is 10.2 Å². The first-order valence-electron chi connectivity index (χ1n) is 6.50. The number of hydrogen-bond donors (Lipinski definition) is 3. The van der Waals surface area contributed by atoms with Crippen molar-refractivity contribution in [2.45, 2.75) is 13.5 Å². The SMILES string of the molecule is Cc1ccc(NCc2cccc(O)c2O)cc1N(C)C. The minimum atomic E-state index is -0.0952. The lowest BCUT2D eigenvalue weighted by atomic mass is 10.1. The standard InChI is InChI=1S/C16H20N2O2/c1-11-7-8-13(9-14(11)18(2)3)17-10-12-5-4-6-15(19)16(12)20/h4-9,17,19-20H,10H2,1-3H3. The maximum Gasteiger partial charge on any atom is 0.162 e. The third-order valence-corrected chi connectivity index (χ3v) is 3.27. The van der Waals surface area contributed by atoms with Crippen molar-refractivity contribution in [3.05, 3.63) is 47.5 Å². The van der Waals surface area contributed by atoms with Gasteiger partial charge in [0.25, 0.3) is 0 Å². The molecule has 0 aliphatic carbocycles. The van der Waals surface area contributed by atoms with Gasteiger partial charge in [0.05, 0.1) is 0 Å². The van der Waals surface area contributed by atoms with Crippen molar-refractivity contribution in [1.82, 2.24) is 0 Å². The van der Waals surface area contributed by atoms with Gasteiger partial charge in [-0.25, -0.2) is 0 Å². The Morgan fingerprint density at radius 3 is 2.55 bits per heavy atom. The third kappa shape index (κ3) is 2.96. The number of phenolic OH excluding ortho intramolecular Hbond substituents is 2. The molecule has 106 valence electrons. The minimum absolute atomic E-state index is 0.0695. The van der Waals surface area contributed by atoms with E-state index in [2.05, 4.69) is 29.3 Å². The molecule has 0 unspecified atom stereocenters. The van der Waals surface area contributed by atoms with E-state index in [9.17, 15) is 10.2 Å². The molecule has 4 heteroatoms. The van der Waals surface area contributed by atoms with Gasteiger partial charge in [0.1, 0.15) is 0 Å². The van der Waals surface area contributed by atoms with Crippen LogP contribution in [0.3, 0.4) is 0 Å². The molecule has 4 nitrogen and oxygen atoms in total. The van der Waals surface area contributed by atoms with Gasteiger partial charge in [-0.15, -0.1) is 0 Å². The van der Waals surface area contributed by atoms with E-state index in [1.165, 1.54) is 11.6 Å². The van der Waals surface area contributed by atoms with Gasteiger partial charge in [0, 0.05) is 37.6 Å². The van der Waals surface area contributed by atoms with Crippen LogP contribution in [0, 0.1) is 6.92 Å². The molecule has 0 aliphatic heterocycles. The van der Waals surface area contributed by atoms with Gasteiger partial charge >= 0.3 is 0 Å². The van der Waals surface area contributed by atoms with Gasteiger partial charge in [-0.1, -0.05) is 18.2 Å². The molecule has 0 saturated carbocycles. The summed E-state index contributed by atoms with van der Waals surface area (Å²) in [6.07, 6.45) is 0. The largest absolute Gasteiger partial charge is 0.504 e. The molecular formula is C16H20N2O2. The average molecular weight is 272 g/mol. The summed E-state index contributed by atoms with van der Waals surface area (Å²) in [5.74, 6) is -0.165. The Morgan fingerprint density at radius 2 is 1.85 bits per heavy atom. The topological polar surface area (TPSA) is 55.7 Å². The molecular weight excluding hydrogens is 252 g/mol. The van der Waals surface area contributed by atoms with Crippen molar-refractivity contribution < 1.29 is 10.2 Å². The monoisotopic (exact) mass is 272 g/mol. The predicted octanol–water partition coefficient (Wildman–Crippen LogP) is 3.08. The van der Waals surface area contributed by atoms with Gasteiger partial charge in [0.2, 0.25) is 0 Å². The summed E-state index contributed by atoms with van der Waals surface area (Å²) in [6, 6.07) is 11.1. The lowest BCUT2D eigenvalue weighted by Crippen LogP contribution is -2.11. The van der Waals surface area contributed by atoms with Crippen molar-refractivity contribution in [2.75, 3.05) is 24.3 Å². The Kier molecular flexibility index (Phi) is 4.03. The molecule has 2 aromatic rings. The zero-order valence-electron chi connectivity index (χ0n) is 12.0. The van der Waals surface area contributed by atoms with Crippen molar-refractivity contribution in [3.8, 4) is 11.5 Å². The Morgan fingerprint density at radius 1 is 1.10 bits per heavy atom. The van der Waals surface area contributed by atoms with Crippen molar-refractivity contribution in [3.63, 3.8) is 0 Å². The number of phenols is 2. The first kappa shape index (κ1) is 14.1. The van der Waals surface area contributed by atoms with E-state index in [4.69, 9.17) is 0 Å². The molecule has 0 spiro atoms. The van der Waals surface area contributed by atoms with Crippen LogP contribution in [0.15, 0.2) is 36.4 Å². The fraction of sp³-hybridized carbons (Fsp3) is 0.250. The summed E-state index contributed by atoms with van der Waals surface area (Å²) in [5, 5.41) is 22.5. The Labute approximate surface area is 119 Å². The Balaban J connectivity index is 2.15. The summed E-state index contributed by atoms with van der Waals surface area (Å²) >= 11 is 0. The number of anilines is 2. The summed E-state index contributed by atoms with van der Waals surface area (Å²) in [5.41, 5.74) is 4.00. The number of nitrogens with zero attached hydrogens (tertiary/aromatic N) is 1. The van der Waals surface area contributed by atoms with E-state index in [1.807, 2.05) is 20.2 Å². The molecule has 20 heavy (non-hydrogen) atoms. The van der Waals surface area contributed by atoms with E-state index in [0.29, 0.717) is 12.1 Å². The highest BCUT2D eigenvalue weighted by molar-refractivity contribution is 5.62. The average Bonchev–Trinajstić information content (AvgIpc) is 2.41. The highest BCUT2D eigenvalue weighted by Crippen LogP contribution is 2.29. The number of para-hydroxylation sites is 1. The zero-order chi connectivity index (χ0) is 14.7. The molecule has 0 amide bonds. The Hall–Kier alpha value is -2.36. The van der Waals surface area contributed by atoms with Crippen LogP contribution in [0.4, 0.5) is 11.4 Å². The predicted molar refractivity (Wildman–Crippen MR) is 82.6 cm³/mol. The van der Waals surface area contributed by atoms with Crippen LogP contribution in [0.5, 0.6) is 11.5 Å². The second-order valence-corrected chi connectivity index (χ2v) is 5.03. The van der Waals surface area contributed by atoms with Gasteiger partial charge in [-0.3, -0.25) is 0 Å². The molecule has 0 fully saturated rings. The molecule has 0 heterocycles. The molecule has 0 aliphatic rings. The minimum Gasteiger partial charge on any atom is -0.504 e. The molecule has 2 rings (SSSR count). The molecule has 0 aromatic heterocycles. The van der Waals surface area contributed by atoms with Crippen LogP contribution in [0.2, 0.25) is 0 Å². The summed E-state index contributed by atoms with van der Waals surface area (Å²) < 4.78 is 0. The maximum atomic E-state index is 9.76. The normalized spacial score (nSPS) is 10.3.